The quantitative estimate of drug-likeness (QED) is 0.694. The van der Waals surface area contributed by atoms with Gasteiger partial charge in [0.25, 0.3) is 0 Å². The first kappa shape index (κ1) is 16.0. The van der Waals surface area contributed by atoms with Crippen LogP contribution in [-0.2, 0) is 4.74 Å². The molecule has 2 rings (SSSR count). The van der Waals surface area contributed by atoms with Gasteiger partial charge in [-0.2, -0.15) is 4.98 Å². The van der Waals surface area contributed by atoms with Crippen molar-refractivity contribution in [3.63, 3.8) is 0 Å². The first-order chi connectivity index (χ1) is 10.8. The van der Waals surface area contributed by atoms with Gasteiger partial charge in [0.05, 0.1) is 12.3 Å². The van der Waals surface area contributed by atoms with Crippen molar-refractivity contribution in [2.45, 2.75) is 13.3 Å². The van der Waals surface area contributed by atoms with E-state index in [2.05, 4.69) is 20.6 Å². The Morgan fingerprint density at radius 2 is 2.05 bits per heavy atom. The van der Waals surface area contributed by atoms with Crippen molar-refractivity contribution in [1.29, 1.82) is 0 Å². The second kappa shape index (κ2) is 8.84. The number of benzene rings is 1. The Kier molecular flexibility index (Phi) is 6.44. The highest BCUT2D eigenvalue weighted by Gasteiger charge is 2.05. The van der Waals surface area contributed by atoms with Gasteiger partial charge in [-0.15, -0.1) is 0 Å². The van der Waals surface area contributed by atoms with E-state index in [1.165, 1.54) is 0 Å². The molecule has 0 saturated heterocycles. The van der Waals surface area contributed by atoms with E-state index >= 15 is 0 Å². The summed E-state index contributed by atoms with van der Waals surface area (Å²) in [5.41, 5.74) is 0.848. The van der Waals surface area contributed by atoms with Crippen LogP contribution in [0.3, 0.4) is 0 Å². The number of ether oxygens (including phenoxy) is 2. The van der Waals surface area contributed by atoms with Crippen LogP contribution in [0.25, 0.3) is 0 Å². The molecule has 0 unspecified atom stereocenters. The normalized spacial score (nSPS) is 10.3. The first-order valence-electron chi connectivity index (χ1n) is 7.38. The Bertz CT molecular complexity index is 578. The van der Waals surface area contributed by atoms with Crippen LogP contribution in [-0.4, -0.2) is 36.8 Å². The summed E-state index contributed by atoms with van der Waals surface area (Å²) in [5.74, 6) is 2.10. The molecule has 0 amide bonds. The molecule has 0 aliphatic heterocycles. The topological polar surface area (TPSA) is 68.3 Å². The van der Waals surface area contributed by atoms with Crippen LogP contribution in [0.1, 0.15) is 13.3 Å². The molecule has 0 aliphatic rings. The zero-order chi connectivity index (χ0) is 15.6. The average Bonchev–Trinajstić information content (AvgIpc) is 2.54. The second-order valence-electron chi connectivity index (χ2n) is 4.59. The van der Waals surface area contributed by atoms with Gasteiger partial charge in [0.15, 0.2) is 0 Å². The van der Waals surface area contributed by atoms with Gasteiger partial charge in [-0.25, -0.2) is 4.98 Å². The van der Waals surface area contributed by atoms with E-state index in [9.17, 15) is 0 Å². The lowest BCUT2D eigenvalue weighted by Crippen LogP contribution is -2.07. The minimum atomic E-state index is 0.531. The molecule has 1 aromatic heterocycles. The maximum absolute atomic E-state index is 5.58. The molecule has 6 heteroatoms. The zero-order valence-electron chi connectivity index (χ0n) is 13.0. The van der Waals surface area contributed by atoms with Crippen LogP contribution in [0.5, 0.6) is 5.75 Å². The summed E-state index contributed by atoms with van der Waals surface area (Å²) in [7, 11) is 1.70. The van der Waals surface area contributed by atoms with Gasteiger partial charge >= 0.3 is 0 Å². The van der Waals surface area contributed by atoms with Crippen molar-refractivity contribution >= 4 is 17.5 Å². The summed E-state index contributed by atoms with van der Waals surface area (Å²) < 4.78 is 10.6. The van der Waals surface area contributed by atoms with Gasteiger partial charge in [0.1, 0.15) is 11.6 Å². The number of methoxy groups -OCH3 is 1. The molecule has 0 aliphatic carbocycles. The molecule has 1 heterocycles. The van der Waals surface area contributed by atoms with Crippen molar-refractivity contribution in [2.24, 2.45) is 0 Å². The number of hydrogen-bond acceptors (Lipinski definition) is 6. The number of anilines is 3. The monoisotopic (exact) mass is 302 g/mol. The van der Waals surface area contributed by atoms with Crippen LogP contribution in [0.4, 0.5) is 17.5 Å². The summed E-state index contributed by atoms with van der Waals surface area (Å²) in [4.78, 5) is 8.68. The lowest BCUT2D eigenvalue weighted by atomic mass is 10.3. The standard InChI is InChI=1S/C16H22N4O2/c1-3-22-14-8-5-4-7-13(14)19-16-18-11-9-15(20-16)17-10-6-12-21-2/h4-5,7-9,11H,3,6,10,12H2,1-2H3,(H2,17,18,19,20). The third-order valence-corrected chi connectivity index (χ3v) is 2.92. The van der Waals surface area contributed by atoms with Crippen molar-refractivity contribution in [1.82, 2.24) is 9.97 Å². The first-order valence-corrected chi connectivity index (χ1v) is 7.38. The summed E-state index contributed by atoms with van der Waals surface area (Å²) in [6.07, 6.45) is 2.65. The highest BCUT2D eigenvalue weighted by molar-refractivity contribution is 5.62. The van der Waals surface area contributed by atoms with Crippen LogP contribution < -0.4 is 15.4 Å². The van der Waals surface area contributed by atoms with E-state index in [0.717, 1.165) is 36.8 Å². The van der Waals surface area contributed by atoms with Crippen molar-refractivity contribution < 1.29 is 9.47 Å². The van der Waals surface area contributed by atoms with Crippen LogP contribution in [0, 0.1) is 0 Å². The number of para-hydroxylation sites is 2. The molecule has 118 valence electrons. The van der Waals surface area contributed by atoms with E-state index < -0.39 is 0 Å². The largest absolute Gasteiger partial charge is 0.492 e. The third kappa shape index (κ3) is 4.89. The lowest BCUT2D eigenvalue weighted by molar-refractivity contribution is 0.198. The molecule has 0 spiro atoms. The third-order valence-electron chi connectivity index (χ3n) is 2.92. The van der Waals surface area contributed by atoms with Gasteiger partial charge in [-0.3, -0.25) is 0 Å². The van der Waals surface area contributed by atoms with E-state index in [0.29, 0.717) is 12.6 Å². The molecule has 2 N–H and O–H groups in total. The minimum Gasteiger partial charge on any atom is -0.492 e. The predicted octanol–water partition coefficient (Wildman–Crippen LogP) is 3.07. The fraction of sp³-hybridized carbons (Fsp3) is 0.375. The molecular formula is C16H22N4O2. The van der Waals surface area contributed by atoms with E-state index in [-0.39, 0.29) is 0 Å². The number of nitrogens with zero attached hydrogens (tertiary/aromatic N) is 2. The van der Waals surface area contributed by atoms with Crippen LogP contribution >= 0.6 is 0 Å². The Balaban J connectivity index is 2.01. The van der Waals surface area contributed by atoms with Crippen LogP contribution in [0.15, 0.2) is 36.5 Å². The van der Waals surface area contributed by atoms with Crippen molar-refractivity contribution in [3.05, 3.63) is 36.5 Å². The molecule has 0 radical (unpaired) electrons. The SMILES string of the molecule is CCOc1ccccc1Nc1nccc(NCCCOC)n1. The molecule has 0 fully saturated rings. The summed E-state index contributed by atoms with van der Waals surface area (Å²) in [6.45, 7) is 4.10. The summed E-state index contributed by atoms with van der Waals surface area (Å²) in [5, 5.41) is 6.43. The number of hydrogen-bond donors (Lipinski definition) is 2. The average molecular weight is 302 g/mol. The summed E-state index contributed by atoms with van der Waals surface area (Å²) in [6, 6.07) is 9.57. The zero-order valence-corrected chi connectivity index (χ0v) is 13.0. The Morgan fingerprint density at radius 1 is 1.18 bits per heavy atom. The Morgan fingerprint density at radius 3 is 2.86 bits per heavy atom. The van der Waals surface area contributed by atoms with Gasteiger partial charge in [0.2, 0.25) is 5.95 Å². The van der Waals surface area contributed by atoms with Crippen molar-refractivity contribution in [2.75, 3.05) is 37.5 Å². The fourth-order valence-corrected chi connectivity index (χ4v) is 1.92. The van der Waals surface area contributed by atoms with Gasteiger partial charge in [-0.05, 0) is 31.5 Å². The molecule has 1 aromatic carbocycles. The summed E-state index contributed by atoms with van der Waals surface area (Å²) >= 11 is 0. The molecule has 0 saturated carbocycles. The van der Waals surface area contributed by atoms with Gasteiger partial charge < -0.3 is 20.1 Å². The molecule has 0 bridgehead atoms. The number of nitrogens with one attached hydrogen (secondary N) is 2. The highest BCUT2D eigenvalue weighted by atomic mass is 16.5. The number of rotatable bonds is 9. The fourth-order valence-electron chi connectivity index (χ4n) is 1.92. The van der Waals surface area contributed by atoms with E-state index in [1.807, 2.05) is 37.3 Å². The van der Waals surface area contributed by atoms with Crippen LogP contribution in [0.2, 0.25) is 0 Å². The predicted molar refractivity (Wildman–Crippen MR) is 87.9 cm³/mol. The van der Waals surface area contributed by atoms with Gasteiger partial charge in [-0.1, -0.05) is 12.1 Å². The maximum atomic E-state index is 5.58. The van der Waals surface area contributed by atoms with Gasteiger partial charge in [0, 0.05) is 26.5 Å². The van der Waals surface area contributed by atoms with E-state index in [1.54, 1.807) is 13.3 Å². The van der Waals surface area contributed by atoms with E-state index in [4.69, 9.17) is 9.47 Å². The Hall–Kier alpha value is -2.34. The highest BCUT2D eigenvalue weighted by Crippen LogP contribution is 2.26. The minimum absolute atomic E-state index is 0.531. The smallest absolute Gasteiger partial charge is 0.229 e. The molecule has 0 atom stereocenters. The molecule has 22 heavy (non-hydrogen) atoms. The molecule has 6 nitrogen and oxygen atoms in total. The van der Waals surface area contributed by atoms with Crippen molar-refractivity contribution in [3.8, 4) is 5.75 Å². The number of aromatic nitrogens is 2. The maximum Gasteiger partial charge on any atom is 0.229 e. The molecule has 2 aromatic rings. The molecular weight excluding hydrogens is 280 g/mol. The Labute approximate surface area is 130 Å². The lowest BCUT2D eigenvalue weighted by Gasteiger charge is -2.12. The second-order valence-corrected chi connectivity index (χ2v) is 4.59.